The van der Waals surface area contributed by atoms with E-state index < -0.39 is 5.82 Å². The van der Waals surface area contributed by atoms with E-state index in [4.69, 9.17) is 0 Å². The Morgan fingerprint density at radius 3 is 2.24 bits per heavy atom. The molecule has 0 N–H and O–H groups in total. The van der Waals surface area contributed by atoms with E-state index in [2.05, 4.69) is 14.9 Å². The standard InChI is InChI=1S/C25H22FN5O2/c26-20-8-6-19(7-9-20)22-23(25(33)31(24(22)32)17-18-4-3-10-27-16-18)30-14-12-29(13-15-30)21-5-1-2-11-28-21/h1-11,16H,12-15,17H2. The molecule has 0 unspecified atom stereocenters. The molecular weight excluding hydrogens is 421 g/mol. The number of imide groups is 1. The number of hydrogen-bond donors (Lipinski definition) is 0. The third-order valence-corrected chi connectivity index (χ3v) is 5.91. The Balaban J connectivity index is 1.45. The number of halogens is 1. The minimum Gasteiger partial charge on any atom is -0.363 e. The summed E-state index contributed by atoms with van der Waals surface area (Å²) in [4.78, 5) is 40.8. The van der Waals surface area contributed by atoms with E-state index in [1.807, 2.05) is 29.2 Å². The van der Waals surface area contributed by atoms with Crippen LogP contribution in [0.4, 0.5) is 10.2 Å². The van der Waals surface area contributed by atoms with Gasteiger partial charge < -0.3 is 9.80 Å². The van der Waals surface area contributed by atoms with Crippen molar-refractivity contribution in [2.75, 3.05) is 31.1 Å². The molecule has 0 bridgehead atoms. The lowest BCUT2D eigenvalue weighted by Gasteiger charge is -2.37. The maximum absolute atomic E-state index is 13.6. The molecule has 1 aromatic carbocycles. The molecule has 0 atom stereocenters. The lowest BCUT2D eigenvalue weighted by Crippen LogP contribution is -2.47. The molecule has 8 heteroatoms. The zero-order chi connectivity index (χ0) is 22.8. The van der Waals surface area contributed by atoms with Gasteiger partial charge in [0.1, 0.15) is 17.3 Å². The van der Waals surface area contributed by atoms with Gasteiger partial charge in [-0.2, -0.15) is 0 Å². The van der Waals surface area contributed by atoms with Gasteiger partial charge in [-0.15, -0.1) is 0 Å². The van der Waals surface area contributed by atoms with E-state index in [1.54, 1.807) is 36.8 Å². The summed E-state index contributed by atoms with van der Waals surface area (Å²) in [6.45, 7) is 2.60. The van der Waals surface area contributed by atoms with Crippen molar-refractivity contribution in [2.45, 2.75) is 6.54 Å². The van der Waals surface area contributed by atoms with E-state index in [0.717, 1.165) is 11.4 Å². The van der Waals surface area contributed by atoms with Gasteiger partial charge in [0.15, 0.2) is 0 Å². The smallest absolute Gasteiger partial charge is 0.278 e. The summed E-state index contributed by atoms with van der Waals surface area (Å²) in [5.41, 5.74) is 1.98. The van der Waals surface area contributed by atoms with Crippen LogP contribution in [0.25, 0.3) is 5.57 Å². The normalized spacial score (nSPS) is 16.7. The van der Waals surface area contributed by atoms with E-state index in [-0.39, 0.29) is 18.4 Å². The van der Waals surface area contributed by atoms with Crippen molar-refractivity contribution in [3.63, 3.8) is 0 Å². The molecule has 4 heterocycles. The van der Waals surface area contributed by atoms with Gasteiger partial charge in [0.05, 0.1) is 12.1 Å². The summed E-state index contributed by atoms with van der Waals surface area (Å²) in [6, 6.07) is 15.1. The van der Waals surface area contributed by atoms with Crippen LogP contribution >= 0.6 is 0 Å². The number of benzene rings is 1. The number of anilines is 1. The minimum atomic E-state index is -0.395. The summed E-state index contributed by atoms with van der Waals surface area (Å²) in [6.07, 6.45) is 5.04. The van der Waals surface area contributed by atoms with Gasteiger partial charge in [-0.05, 0) is 41.5 Å². The zero-order valence-electron chi connectivity index (χ0n) is 17.9. The number of piperazine rings is 1. The fraction of sp³-hybridized carbons (Fsp3) is 0.200. The quantitative estimate of drug-likeness (QED) is 0.565. The Hall–Kier alpha value is -4.07. The Labute approximate surface area is 190 Å². The summed E-state index contributed by atoms with van der Waals surface area (Å²) < 4.78 is 13.6. The van der Waals surface area contributed by atoms with Crippen LogP contribution in [-0.2, 0) is 16.1 Å². The summed E-state index contributed by atoms with van der Waals surface area (Å²) in [5.74, 6) is -0.224. The molecule has 0 aliphatic carbocycles. The second-order valence-corrected chi connectivity index (χ2v) is 7.95. The van der Waals surface area contributed by atoms with Crippen LogP contribution in [0.2, 0.25) is 0 Å². The van der Waals surface area contributed by atoms with E-state index in [1.165, 1.54) is 17.0 Å². The summed E-state index contributed by atoms with van der Waals surface area (Å²) in [5, 5.41) is 0. The lowest BCUT2D eigenvalue weighted by atomic mass is 10.0. The van der Waals surface area contributed by atoms with Crippen LogP contribution in [0, 0.1) is 5.82 Å². The van der Waals surface area contributed by atoms with E-state index in [0.29, 0.717) is 43.0 Å². The van der Waals surface area contributed by atoms with Crippen molar-refractivity contribution in [3.8, 4) is 0 Å². The number of carbonyl (C=O) groups excluding carboxylic acids is 2. The van der Waals surface area contributed by atoms with E-state index in [9.17, 15) is 14.0 Å². The van der Waals surface area contributed by atoms with Gasteiger partial charge >= 0.3 is 0 Å². The SMILES string of the molecule is O=C1C(c2ccc(F)cc2)=C(N2CCN(c3ccccn3)CC2)C(=O)N1Cc1cccnc1. The first kappa shape index (κ1) is 20.8. The first-order valence-corrected chi connectivity index (χ1v) is 10.8. The van der Waals surface area contributed by atoms with Gasteiger partial charge in [-0.25, -0.2) is 9.37 Å². The zero-order valence-corrected chi connectivity index (χ0v) is 17.9. The van der Waals surface area contributed by atoms with Gasteiger partial charge in [0.2, 0.25) is 0 Å². The Morgan fingerprint density at radius 1 is 0.818 bits per heavy atom. The van der Waals surface area contributed by atoms with Gasteiger partial charge in [-0.3, -0.25) is 19.5 Å². The highest BCUT2D eigenvalue weighted by atomic mass is 19.1. The maximum Gasteiger partial charge on any atom is 0.278 e. The number of hydrogen-bond acceptors (Lipinski definition) is 6. The van der Waals surface area contributed by atoms with Crippen LogP contribution in [0.15, 0.2) is 78.9 Å². The highest BCUT2D eigenvalue weighted by molar-refractivity contribution is 6.35. The molecule has 2 aliphatic rings. The molecule has 1 fully saturated rings. The lowest BCUT2D eigenvalue weighted by molar-refractivity contribution is -0.138. The van der Waals surface area contributed by atoms with Crippen LogP contribution in [0.5, 0.6) is 0 Å². The molecule has 3 aromatic rings. The fourth-order valence-corrected chi connectivity index (χ4v) is 4.25. The Kier molecular flexibility index (Phi) is 5.56. The number of nitrogens with zero attached hydrogens (tertiary/aromatic N) is 5. The van der Waals surface area contributed by atoms with Crippen molar-refractivity contribution in [2.24, 2.45) is 0 Å². The number of carbonyl (C=O) groups is 2. The maximum atomic E-state index is 13.6. The second-order valence-electron chi connectivity index (χ2n) is 7.95. The van der Waals surface area contributed by atoms with E-state index >= 15 is 0 Å². The number of amides is 2. The van der Waals surface area contributed by atoms with Crippen LogP contribution in [0.3, 0.4) is 0 Å². The average molecular weight is 443 g/mol. The molecule has 0 radical (unpaired) electrons. The van der Waals surface area contributed by atoms with Gasteiger partial charge in [-0.1, -0.05) is 24.3 Å². The Bertz CT molecular complexity index is 1190. The predicted molar refractivity (Wildman–Crippen MR) is 121 cm³/mol. The van der Waals surface area contributed by atoms with Gasteiger partial charge in [0.25, 0.3) is 11.8 Å². The monoisotopic (exact) mass is 443 g/mol. The topological polar surface area (TPSA) is 69.6 Å². The molecule has 166 valence electrons. The number of pyridine rings is 2. The number of aromatic nitrogens is 2. The molecule has 7 nitrogen and oxygen atoms in total. The van der Waals surface area contributed by atoms with Gasteiger partial charge in [0, 0.05) is 44.8 Å². The molecular formula is C25H22FN5O2. The van der Waals surface area contributed by atoms with Crippen molar-refractivity contribution < 1.29 is 14.0 Å². The highest BCUT2D eigenvalue weighted by Gasteiger charge is 2.42. The van der Waals surface area contributed by atoms with Crippen LogP contribution in [-0.4, -0.2) is 57.8 Å². The second kappa shape index (κ2) is 8.82. The molecule has 0 spiro atoms. The average Bonchev–Trinajstić information content (AvgIpc) is 3.11. The molecule has 1 saturated heterocycles. The molecule has 0 saturated carbocycles. The molecule has 5 rings (SSSR count). The fourth-order valence-electron chi connectivity index (χ4n) is 4.25. The van der Waals surface area contributed by atoms with Crippen molar-refractivity contribution in [1.82, 2.24) is 19.8 Å². The summed E-state index contributed by atoms with van der Waals surface area (Å²) in [7, 11) is 0. The van der Waals surface area contributed by atoms with Crippen molar-refractivity contribution in [3.05, 3.63) is 95.8 Å². The summed E-state index contributed by atoms with van der Waals surface area (Å²) >= 11 is 0. The van der Waals surface area contributed by atoms with Crippen LogP contribution < -0.4 is 4.90 Å². The largest absolute Gasteiger partial charge is 0.363 e. The first-order chi connectivity index (χ1) is 16.1. The first-order valence-electron chi connectivity index (χ1n) is 10.8. The van der Waals surface area contributed by atoms with Crippen molar-refractivity contribution in [1.29, 1.82) is 0 Å². The molecule has 2 aromatic heterocycles. The third kappa shape index (κ3) is 4.07. The van der Waals surface area contributed by atoms with Crippen LogP contribution in [0.1, 0.15) is 11.1 Å². The predicted octanol–water partition coefficient (Wildman–Crippen LogP) is 2.72. The molecule has 33 heavy (non-hydrogen) atoms. The third-order valence-electron chi connectivity index (χ3n) is 5.91. The highest BCUT2D eigenvalue weighted by Crippen LogP contribution is 2.33. The molecule has 2 amide bonds. The number of rotatable bonds is 5. The molecule has 2 aliphatic heterocycles. The van der Waals surface area contributed by atoms with Crippen molar-refractivity contribution >= 4 is 23.2 Å². The Morgan fingerprint density at radius 2 is 1.58 bits per heavy atom. The minimum absolute atomic E-state index is 0.133.